The number of anilines is 1. The van der Waals surface area contributed by atoms with Gasteiger partial charge in [-0.3, -0.25) is 4.79 Å². The molecule has 1 rings (SSSR count). The van der Waals surface area contributed by atoms with Gasteiger partial charge < -0.3 is 20.5 Å². The first-order valence-corrected chi connectivity index (χ1v) is 6.32. The molecule has 0 saturated heterocycles. The number of hydrogen-bond donors (Lipinski definition) is 2. The smallest absolute Gasteiger partial charge is 0.260 e. The van der Waals surface area contributed by atoms with Crippen LogP contribution < -0.4 is 20.5 Å². The SMILES string of the molecule is COc1ccc(N)c(OC(C)C(=O)NCC(C)C)c1. The standard InChI is InChI=1S/C14H22N2O3/c1-9(2)8-16-14(17)10(3)19-13-7-11(18-4)5-6-12(13)15/h5-7,9-10H,8,15H2,1-4H3,(H,16,17). The van der Waals surface area contributed by atoms with Crippen molar-refractivity contribution in [3.63, 3.8) is 0 Å². The van der Waals surface area contributed by atoms with Gasteiger partial charge in [-0.15, -0.1) is 0 Å². The third kappa shape index (κ3) is 4.69. The van der Waals surface area contributed by atoms with Gasteiger partial charge in [0.25, 0.3) is 5.91 Å². The maximum absolute atomic E-state index is 11.8. The van der Waals surface area contributed by atoms with Crippen LogP contribution in [0.15, 0.2) is 18.2 Å². The Morgan fingerprint density at radius 3 is 2.63 bits per heavy atom. The molecule has 1 atom stereocenters. The zero-order chi connectivity index (χ0) is 14.4. The molecule has 0 saturated carbocycles. The Kier molecular flexibility index (Phi) is 5.48. The molecule has 19 heavy (non-hydrogen) atoms. The summed E-state index contributed by atoms with van der Waals surface area (Å²) in [5.41, 5.74) is 6.28. The highest BCUT2D eigenvalue weighted by molar-refractivity contribution is 5.80. The van der Waals surface area contributed by atoms with Crippen LogP contribution in [0.4, 0.5) is 5.69 Å². The second-order valence-corrected chi connectivity index (χ2v) is 4.80. The summed E-state index contributed by atoms with van der Waals surface area (Å²) in [6.45, 7) is 6.38. The first kappa shape index (κ1) is 15.1. The van der Waals surface area contributed by atoms with Gasteiger partial charge in [-0.1, -0.05) is 13.8 Å². The number of amides is 1. The normalized spacial score (nSPS) is 12.1. The molecule has 5 nitrogen and oxygen atoms in total. The van der Waals surface area contributed by atoms with E-state index in [2.05, 4.69) is 5.32 Å². The predicted octanol–water partition coefficient (Wildman–Crippen LogP) is 1.82. The maximum atomic E-state index is 11.8. The molecule has 1 aromatic rings. The Balaban J connectivity index is 2.65. The second kappa shape index (κ2) is 6.87. The summed E-state index contributed by atoms with van der Waals surface area (Å²) in [5, 5.41) is 2.81. The van der Waals surface area contributed by atoms with E-state index in [1.807, 2.05) is 13.8 Å². The minimum atomic E-state index is -0.604. The van der Waals surface area contributed by atoms with E-state index >= 15 is 0 Å². The highest BCUT2D eigenvalue weighted by Gasteiger charge is 2.16. The first-order chi connectivity index (χ1) is 8.93. The van der Waals surface area contributed by atoms with Crippen molar-refractivity contribution in [1.29, 1.82) is 0 Å². The van der Waals surface area contributed by atoms with E-state index in [0.29, 0.717) is 29.6 Å². The molecule has 0 aromatic heterocycles. The Morgan fingerprint density at radius 1 is 1.37 bits per heavy atom. The van der Waals surface area contributed by atoms with Gasteiger partial charge >= 0.3 is 0 Å². The van der Waals surface area contributed by atoms with Gasteiger partial charge in [0.15, 0.2) is 6.10 Å². The number of hydrogen-bond acceptors (Lipinski definition) is 4. The molecule has 0 fully saturated rings. The summed E-state index contributed by atoms with van der Waals surface area (Å²) in [7, 11) is 1.56. The summed E-state index contributed by atoms with van der Waals surface area (Å²) in [6.07, 6.45) is -0.604. The number of carbonyl (C=O) groups is 1. The monoisotopic (exact) mass is 266 g/mol. The molecular formula is C14H22N2O3. The third-order valence-corrected chi connectivity index (χ3v) is 2.58. The van der Waals surface area contributed by atoms with Crippen molar-refractivity contribution in [3.05, 3.63) is 18.2 Å². The number of nitrogens with one attached hydrogen (secondary N) is 1. The van der Waals surface area contributed by atoms with Crippen molar-refractivity contribution in [2.24, 2.45) is 5.92 Å². The number of nitrogen functional groups attached to an aromatic ring is 1. The highest BCUT2D eigenvalue weighted by Crippen LogP contribution is 2.27. The molecule has 106 valence electrons. The zero-order valence-corrected chi connectivity index (χ0v) is 11.9. The number of methoxy groups -OCH3 is 1. The van der Waals surface area contributed by atoms with E-state index in [1.54, 1.807) is 32.2 Å². The molecule has 0 aliphatic carbocycles. The van der Waals surface area contributed by atoms with E-state index < -0.39 is 6.10 Å². The van der Waals surface area contributed by atoms with Crippen LogP contribution >= 0.6 is 0 Å². The van der Waals surface area contributed by atoms with Crippen LogP contribution in [0.2, 0.25) is 0 Å². The summed E-state index contributed by atoms with van der Waals surface area (Å²) >= 11 is 0. The Morgan fingerprint density at radius 2 is 2.05 bits per heavy atom. The molecule has 1 amide bonds. The van der Waals surface area contributed by atoms with Crippen LogP contribution in [-0.4, -0.2) is 25.7 Å². The molecule has 0 spiro atoms. The van der Waals surface area contributed by atoms with Gasteiger partial charge in [0, 0.05) is 12.6 Å². The summed E-state index contributed by atoms with van der Waals surface area (Å²) in [5.74, 6) is 1.33. The largest absolute Gasteiger partial charge is 0.497 e. The van der Waals surface area contributed by atoms with E-state index in [4.69, 9.17) is 15.2 Å². The van der Waals surface area contributed by atoms with Crippen molar-refractivity contribution in [2.45, 2.75) is 26.9 Å². The molecule has 0 aliphatic rings. The fraction of sp³-hybridized carbons (Fsp3) is 0.500. The van der Waals surface area contributed by atoms with Crippen LogP contribution in [0.5, 0.6) is 11.5 Å². The van der Waals surface area contributed by atoms with E-state index in [0.717, 1.165) is 0 Å². The Hall–Kier alpha value is -1.91. The van der Waals surface area contributed by atoms with Crippen LogP contribution in [0, 0.1) is 5.92 Å². The van der Waals surface area contributed by atoms with Gasteiger partial charge in [-0.2, -0.15) is 0 Å². The lowest BCUT2D eigenvalue weighted by Gasteiger charge is -2.17. The van der Waals surface area contributed by atoms with Crippen molar-refractivity contribution in [3.8, 4) is 11.5 Å². The third-order valence-electron chi connectivity index (χ3n) is 2.58. The summed E-state index contributed by atoms with van der Waals surface area (Å²) in [4.78, 5) is 11.8. The van der Waals surface area contributed by atoms with Gasteiger partial charge in [-0.05, 0) is 25.0 Å². The van der Waals surface area contributed by atoms with Crippen molar-refractivity contribution in [2.75, 3.05) is 19.4 Å². The van der Waals surface area contributed by atoms with E-state index in [1.165, 1.54) is 0 Å². The van der Waals surface area contributed by atoms with Gasteiger partial charge in [0.2, 0.25) is 0 Å². The first-order valence-electron chi connectivity index (χ1n) is 6.32. The van der Waals surface area contributed by atoms with Gasteiger partial charge in [0.05, 0.1) is 12.8 Å². The average molecular weight is 266 g/mol. The highest BCUT2D eigenvalue weighted by atomic mass is 16.5. The molecule has 0 radical (unpaired) electrons. The number of rotatable bonds is 6. The van der Waals surface area contributed by atoms with Crippen LogP contribution in [0.3, 0.4) is 0 Å². The van der Waals surface area contributed by atoms with E-state index in [9.17, 15) is 4.79 Å². The molecule has 1 aromatic carbocycles. The molecule has 0 bridgehead atoms. The Bertz CT molecular complexity index is 433. The molecule has 5 heteroatoms. The summed E-state index contributed by atoms with van der Waals surface area (Å²) in [6, 6.07) is 5.10. The second-order valence-electron chi connectivity index (χ2n) is 4.80. The molecular weight excluding hydrogens is 244 g/mol. The number of ether oxygens (including phenoxy) is 2. The average Bonchev–Trinajstić information content (AvgIpc) is 2.38. The van der Waals surface area contributed by atoms with Gasteiger partial charge in [0.1, 0.15) is 11.5 Å². The fourth-order valence-electron chi connectivity index (χ4n) is 1.44. The lowest BCUT2D eigenvalue weighted by molar-refractivity contribution is -0.127. The van der Waals surface area contributed by atoms with Crippen LogP contribution in [-0.2, 0) is 4.79 Å². The molecule has 0 aliphatic heterocycles. The van der Waals surface area contributed by atoms with E-state index in [-0.39, 0.29) is 5.91 Å². The maximum Gasteiger partial charge on any atom is 0.260 e. The summed E-state index contributed by atoms with van der Waals surface area (Å²) < 4.78 is 10.7. The molecule has 0 heterocycles. The Labute approximate surface area is 114 Å². The van der Waals surface area contributed by atoms with Crippen molar-refractivity contribution in [1.82, 2.24) is 5.32 Å². The number of nitrogens with two attached hydrogens (primary N) is 1. The number of benzene rings is 1. The molecule has 1 unspecified atom stereocenters. The van der Waals surface area contributed by atoms with Gasteiger partial charge in [-0.25, -0.2) is 0 Å². The number of carbonyl (C=O) groups excluding carboxylic acids is 1. The lowest BCUT2D eigenvalue weighted by Crippen LogP contribution is -2.38. The van der Waals surface area contributed by atoms with Crippen molar-refractivity contribution < 1.29 is 14.3 Å². The predicted molar refractivity (Wildman–Crippen MR) is 75.3 cm³/mol. The van der Waals surface area contributed by atoms with Crippen molar-refractivity contribution >= 4 is 11.6 Å². The quantitative estimate of drug-likeness (QED) is 0.770. The minimum absolute atomic E-state index is 0.157. The van der Waals surface area contributed by atoms with Crippen LogP contribution in [0.1, 0.15) is 20.8 Å². The zero-order valence-electron chi connectivity index (χ0n) is 11.9. The lowest BCUT2D eigenvalue weighted by atomic mass is 10.2. The fourth-order valence-corrected chi connectivity index (χ4v) is 1.44. The van der Waals surface area contributed by atoms with Crippen LogP contribution in [0.25, 0.3) is 0 Å². The molecule has 3 N–H and O–H groups in total. The topological polar surface area (TPSA) is 73.6 Å². The minimum Gasteiger partial charge on any atom is -0.497 e.